The summed E-state index contributed by atoms with van der Waals surface area (Å²) >= 11 is 0. The Labute approximate surface area is 103 Å². The van der Waals surface area contributed by atoms with Crippen molar-refractivity contribution in [3.8, 4) is 0 Å². The highest BCUT2D eigenvalue weighted by Gasteiger charge is 2.17. The molecule has 1 aliphatic rings. The highest BCUT2D eigenvalue weighted by Crippen LogP contribution is 2.18. The Morgan fingerprint density at radius 2 is 2.06 bits per heavy atom. The van der Waals surface area contributed by atoms with Gasteiger partial charge in [0.2, 0.25) is 0 Å². The summed E-state index contributed by atoms with van der Waals surface area (Å²) in [6, 6.07) is 5.79. The van der Waals surface area contributed by atoms with E-state index in [2.05, 4.69) is 17.1 Å². The second-order valence-electron chi connectivity index (χ2n) is 4.82. The predicted molar refractivity (Wildman–Crippen MR) is 69.9 cm³/mol. The van der Waals surface area contributed by atoms with E-state index in [9.17, 15) is 4.39 Å². The molecule has 0 aromatic heterocycles. The Morgan fingerprint density at radius 3 is 2.65 bits per heavy atom. The minimum Gasteiger partial charge on any atom is -0.382 e. The van der Waals surface area contributed by atoms with E-state index in [0.29, 0.717) is 11.6 Å². The molecule has 0 unspecified atom stereocenters. The minimum atomic E-state index is -0.128. The second kappa shape index (κ2) is 5.50. The normalized spacial score (nSPS) is 18.3. The zero-order valence-electron chi connectivity index (χ0n) is 10.7. The van der Waals surface area contributed by atoms with Crippen molar-refractivity contribution in [2.75, 3.05) is 25.0 Å². The number of nitrogens with zero attached hydrogens (tertiary/aromatic N) is 1. The number of hydrogen-bond acceptors (Lipinski definition) is 2. The van der Waals surface area contributed by atoms with Crippen LogP contribution in [-0.4, -0.2) is 30.6 Å². The van der Waals surface area contributed by atoms with Gasteiger partial charge in [-0.25, -0.2) is 4.39 Å². The van der Waals surface area contributed by atoms with Crippen molar-refractivity contribution in [2.24, 2.45) is 0 Å². The Bertz CT molecular complexity index is 370. The number of aryl methyl sites for hydroxylation is 1. The van der Waals surface area contributed by atoms with Gasteiger partial charge < -0.3 is 10.2 Å². The maximum Gasteiger partial charge on any atom is 0.126 e. The van der Waals surface area contributed by atoms with E-state index in [-0.39, 0.29) is 5.82 Å². The van der Waals surface area contributed by atoms with Crippen LogP contribution in [0.5, 0.6) is 0 Å². The first-order valence-corrected chi connectivity index (χ1v) is 6.44. The summed E-state index contributed by atoms with van der Waals surface area (Å²) in [5.41, 5.74) is 1.75. The fourth-order valence-electron chi connectivity index (χ4n) is 2.36. The fourth-order valence-corrected chi connectivity index (χ4v) is 2.36. The molecule has 2 rings (SSSR count). The van der Waals surface area contributed by atoms with E-state index in [1.165, 1.54) is 12.8 Å². The van der Waals surface area contributed by atoms with Gasteiger partial charge in [-0.1, -0.05) is 6.92 Å². The van der Waals surface area contributed by atoms with Crippen molar-refractivity contribution in [2.45, 2.75) is 32.7 Å². The van der Waals surface area contributed by atoms with E-state index >= 15 is 0 Å². The lowest BCUT2D eigenvalue weighted by Crippen LogP contribution is -2.38. The van der Waals surface area contributed by atoms with Crippen molar-refractivity contribution in [3.05, 3.63) is 29.6 Å². The summed E-state index contributed by atoms with van der Waals surface area (Å²) in [7, 11) is 0. The summed E-state index contributed by atoms with van der Waals surface area (Å²) in [5, 5.41) is 3.50. The monoisotopic (exact) mass is 236 g/mol. The van der Waals surface area contributed by atoms with Crippen molar-refractivity contribution in [1.29, 1.82) is 0 Å². The fraction of sp³-hybridized carbons (Fsp3) is 0.571. The van der Waals surface area contributed by atoms with Crippen LogP contribution >= 0.6 is 0 Å². The van der Waals surface area contributed by atoms with Crippen LogP contribution in [0.2, 0.25) is 0 Å². The summed E-state index contributed by atoms with van der Waals surface area (Å²) in [4.78, 5) is 2.47. The Kier molecular flexibility index (Phi) is 4.00. The average molecular weight is 236 g/mol. The molecule has 0 amide bonds. The molecular weight excluding hydrogens is 215 g/mol. The molecule has 0 spiro atoms. The molecule has 0 saturated carbocycles. The maximum atomic E-state index is 13.1. The van der Waals surface area contributed by atoms with Crippen molar-refractivity contribution in [3.63, 3.8) is 0 Å². The van der Waals surface area contributed by atoms with E-state index < -0.39 is 0 Å². The summed E-state index contributed by atoms with van der Waals surface area (Å²) < 4.78 is 13.1. The highest BCUT2D eigenvalue weighted by molar-refractivity contribution is 5.46. The molecule has 1 aromatic rings. The van der Waals surface area contributed by atoms with Gasteiger partial charge in [0.1, 0.15) is 5.82 Å². The zero-order chi connectivity index (χ0) is 12.3. The molecule has 1 aliphatic heterocycles. The van der Waals surface area contributed by atoms with Gasteiger partial charge in [-0.15, -0.1) is 0 Å². The third kappa shape index (κ3) is 3.19. The third-order valence-electron chi connectivity index (χ3n) is 3.56. The van der Waals surface area contributed by atoms with Gasteiger partial charge in [0.05, 0.1) is 0 Å². The molecule has 0 bridgehead atoms. The number of piperidine rings is 1. The van der Waals surface area contributed by atoms with Gasteiger partial charge >= 0.3 is 0 Å². The first-order chi connectivity index (χ1) is 8.19. The van der Waals surface area contributed by atoms with Gasteiger partial charge in [0.25, 0.3) is 0 Å². The quantitative estimate of drug-likeness (QED) is 0.867. The van der Waals surface area contributed by atoms with Gasteiger partial charge in [0.15, 0.2) is 0 Å². The number of rotatable bonds is 3. The molecule has 2 nitrogen and oxygen atoms in total. The van der Waals surface area contributed by atoms with Gasteiger partial charge in [-0.2, -0.15) is 0 Å². The largest absolute Gasteiger partial charge is 0.382 e. The van der Waals surface area contributed by atoms with Crippen LogP contribution in [0.4, 0.5) is 10.1 Å². The van der Waals surface area contributed by atoms with Crippen molar-refractivity contribution < 1.29 is 4.39 Å². The van der Waals surface area contributed by atoms with Crippen LogP contribution in [0.3, 0.4) is 0 Å². The number of likely N-dealkylation sites (tertiary alicyclic amines) is 1. The Balaban J connectivity index is 1.91. The average Bonchev–Trinajstić information content (AvgIpc) is 2.35. The van der Waals surface area contributed by atoms with Crippen molar-refractivity contribution in [1.82, 2.24) is 4.90 Å². The number of benzene rings is 1. The van der Waals surface area contributed by atoms with Crippen LogP contribution in [0, 0.1) is 12.7 Å². The first kappa shape index (κ1) is 12.4. The van der Waals surface area contributed by atoms with Crippen LogP contribution in [0.1, 0.15) is 25.3 Å². The zero-order valence-corrected chi connectivity index (χ0v) is 10.7. The lowest BCUT2D eigenvalue weighted by atomic mass is 10.0. The van der Waals surface area contributed by atoms with Crippen LogP contribution in [0.25, 0.3) is 0 Å². The molecule has 1 aromatic carbocycles. The van der Waals surface area contributed by atoms with Crippen LogP contribution in [0.15, 0.2) is 18.2 Å². The summed E-state index contributed by atoms with van der Waals surface area (Å²) in [5.74, 6) is -0.128. The van der Waals surface area contributed by atoms with Gasteiger partial charge in [-0.3, -0.25) is 0 Å². The molecule has 0 radical (unpaired) electrons. The van der Waals surface area contributed by atoms with Crippen LogP contribution in [-0.2, 0) is 0 Å². The number of halogens is 1. The summed E-state index contributed by atoms with van der Waals surface area (Å²) in [6.45, 7) is 7.47. The maximum absolute atomic E-state index is 13.1. The summed E-state index contributed by atoms with van der Waals surface area (Å²) in [6.07, 6.45) is 2.34. The minimum absolute atomic E-state index is 0.128. The first-order valence-electron chi connectivity index (χ1n) is 6.44. The molecule has 94 valence electrons. The molecule has 0 aliphatic carbocycles. The van der Waals surface area contributed by atoms with E-state index in [1.807, 2.05) is 12.1 Å². The van der Waals surface area contributed by atoms with Crippen LogP contribution < -0.4 is 5.32 Å². The highest BCUT2D eigenvalue weighted by atomic mass is 19.1. The number of hydrogen-bond donors (Lipinski definition) is 1. The number of anilines is 1. The topological polar surface area (TPSA) is 15.3 Å². The molecule has 1 heterocycles. The molecule has 0 atom stereocenters. The molecular formula is C14H21FN2. The molecule has 3 heteroatoms. The van der Waals surface area contributed by atoms with E-state index in [1.54, 1.807) is 13.0 Å². The third-order valence-corrected chi connectivity index (χ3v) is 3.56. The Morgan fingerprint density at radius 1 is 1.35 bits per heavy atom. The molecule has 1 fully saturated rings. The van der Waals surface area contributed by atoms with E-state index in [0.717, 1.165) is 25.3 Å². The predicted octanol–water partition coefficient (Wildman–Crippen LogP) is 3.03. The second-order valence-corrected chi connectivity index (χ2v) is 4.82. The number of nitrogens with one attached hydrogen (secondary N) is 1. The lowest BCUT2D eigenvalue weighted by molar-refractivity contribution is 0.229. The van der Waals surface area contributed by atoms with Crippen molar-refractivity contribution >= 4 is 5.69 Å². The van der Waals surface area contributed by atoms with Gasteiger partial charge in [0, 0.05) is 24.8 Å². The lowest BCUT2D eigenvalue weighted by Gasteiger charge is -2.32. The van der Waals surface area contributed by atoms with E-state index in [4.69, 9.17) is 0 Å². The SMILES string of the molecule is CCN1CCC(Nc2ccc(F)c(C)c2)CC1. The molecule has 17 heavy (non-hydrogen) atoms. The van der Waals surface area contributed by atoms with Gasteiger partial charge in [-0.05, 0) is 50.1 Å². The molecule has 1 saturated heterocycles. The molecule has 1 N–H and O–H groups in total. The smallest absolute Gasteiger partial charge is 0.126 e. The standard InChI is InChI=1S/C14H21FN2/c1-3-17-8-6-12(7-9-17)16-13-4-5-14(15)11(2)10-13/h4-5,10,12,16H,3,6-9H2,1-2H3. The Hall–Kier alpha value is -1.09.